The van der Waals surface area contributed by atoms with E-state index in [4.69, 9.17) is 27.9 Å². The van der Waals surface area contributed by atoms with Crippen LogP contribution in [-0.2, 0) is 15.1 Å². The van der Waals surface area contributed by atoms with Gasteiger partial charge >= 0.3 is 12.1 Å². The molecule has 5 nitrogen and oxygen atoms in total. The molecule has 0 heterocycles. The van der Waals surface area contributed by atoms with Gasteiger partial charge in [-0.25, -0.2) is 4.79 Å². The summed E-state index contributed by atoms with van der Waals surface area (Å²) in [5.41, 5.74) is -0.0565. The highest BCUT2D eigenvalue weighted by molar-refractivity contribution is 6.34. The second-order valence-electron chi connectivity index (χ2n) is 7.71. The second kappa shape index (κ2) is 8.41. The average Bonchev–Trinajstić information content (AvgIpc) is 2.51. The summed E-state index contributed by atoms with van der Waals surface area (Å²) in [5.74, 6) is -1.08. The maximum absolute atomic E-state index is 12.4. The van der Waals surface area contributed by atoms with Gasteiger partial charge in [-0.15, -0.1) is 0 Å². The van der Waals surface area contributed by atoms with Crippen LogP contribution in [0.3, 0.4) is 0 Å². The van der Waals surface area contributed by atoms with E-state index in [-0.39, 0.29) is 6.42 Å². The van der Waals surface area contributed by atoms with Crippen LogP contribution in [0, 0.1) is 0 Å². The third kappa shape index (κ3) is 5.63. The van der Waals surface area contributed by atoms with Gasteiger partial charge in [-0.3, -0.25) is 4.79 Å². The van der Waals surface area contributed by atoms with Crippen molar-refractivity contribution >= 4 is 35.3 Å². The van der Waals surface area contributed by atoms with Crippen molar-refractivity contribution in [1.29, 1.82) is 0 Å². The van der Waals surface area contributed by atoms with Crippen LogP contribution in [-0.4, -0.2) is 22.8 Å². The molecule has 0 aliphatic rings. The molecule has 2 N–H and O–H groups in total. The first kappa shape index (κ1) is 22.1. The lowest BCUT2D eigenvalue weighted by Crippen LogP contribution is -2.47. The Morgan fingerprint density at radius 3 is 2.29 bits per heavy atom. The Labute approximate surface area is 174 Å². The molecule has 28 heavy (non-hydrogen) atoms. The molecule has 1 amide bonds. The van der Waals surface area contributed by atoms with Crippen molar-refractivity contribution in [1.82, 2.24) is 5.32 Å². The molecule has 0 radical (unpaired) electrons. The fourth-order valence-electron chi connectivity index (χ4n) is 2.88. The third-order valence-corrected chi connectivity index (χ3v) is 4.65. The number of ether oxygens (including phenoxy) is 1. The Morgan fingerprint density at radius 2 is 1.71 bits per heavy atom. The number of carboxylic acids is 1. The number of carboxylic acid groups (broad SMARTS) is 1. The van der Waals surface area contributed by atoms with Crippen LogP contribution in [0.25, 0.3) is 11.1 Å². The molecule has 150 valence electrons. The van der Waals surface area contributed by atoms with Crippen LogP contribution >= 0.6 is 23.2 Å². The number of aliphatic carboxylic acids is 1. The normalized spacial score (nSPS) is 13.5. The minimum absolute atomic E-state index is 0.338. The first-order valence-corrected chi connectivity index (χ1v) is 9.45. The van der Waals surface area contributed by atoms with Crippen molar-refractivity contribution < 1.29 is 19.4 Å². The van der Waals surface area contributed by atoms with Gasteiger partial charge in [0, 0.05) is 10.6 Å². The predicted molar refractivity (Wildman–Crippen MR) is 111 cm³/mol. The van der Waals surface area contributed by atoms with Gasteiger partial charge in [-0.05, 0) is 51.0 Å². The van der Waals surface area contributed by atoms with E-state index in [1.54, 1.807) is 58.0 Å². The highest BCUT2D eigenvalue weighted by Crippen LogP contribution is 2.38. The highest BCUT2D eigenvalue weighted by Gasteiger charge is 2.35. The molecule has 1 atom stereocenters. The summed E-state index contributed by atoms with van der Waals surface area (Å²) in [6.07, 6.45) is -1.09. The molecule has 0 saturated carbocycles. The van der Waals surface area contributed by atoms with Gasteiger partial charge in [-0.1, -0.05) is 53.5 Å². The van der Waals surface area contributed by atoms with Gasteiger partial charge in [0.05, 0.1) is 17.0 Å². The fourth-order valence-corrected chi connectivity index (χ4v) is 3.51. The van der Waals surface area contributed by atoms with E-state index in [2.05, 4.69) is 5.32 Å². The number of carbonyl (C=O) groups excluding carboxylic acids is 1. The molecule has 2 aromatic rings. The Bertz CT molecular complexity index is 892. The minimum atomic E-state index is -1.28. The van der Waals surface area contributed by atoms with Crippen LogP contribution in [0.15, 0.2) is 42.5 Å². The van der Waals surface area contributed by atoms with Gasteiger partial charge in [-0.2, -0.15) is 0 Å². The first-order chi connectivity index (χ1) is 12.9. The Kier molecular flexibility index (Phi) is 6.63. The lowest BCUT2D eigenvalue weighted by molar-refractivity contribution is -0.138. The Balaban J connectivity index is 2.50. The van der Waals surface area contributed by atoms with Crippen LogP contribution in [0.5, 0.6) is 0 Å². The van der Waals surface area contributed by atoms with Gasteiger partial charge < -0.3 is 15.2 Å². The van der Waals surface area contributed by atoms with Crippen molar-refractivity contribution in [2.45, 2.75) is 45.3 Å². The minimum Gasteiger partial charge on any atom is -0.481 e. The number of benzene rings is 2. The Hall–Kier alpha value is -2.24. The first-order valence-electron chi connectivity index (χ1n) is 8.69. The van der Waals surface area contributed by atoms with E-state index >= 15 is 0 Å². The summed E-state index contributed by atoms with van der Waals surface area (Å²) in [6, 6.07) is 12.4. The van der Waals surface area contributed by atoms with Crippen molar-refractivity contribution in [2.75, 3.05) is 0 Å². The maximum Gasteiger partial charge on any atom is 0.408 e. The molecule has 2 rings (SSSR count). The number of carbonyl (C=O) groups is 2. The second-order valence-corrected chi connectivity index (χ2v) is 8.52. The fraction of sp³-hybridized carbons (Fsp3) is 0.333. The maximum atomic E-state index is 12.4. The molecule has 0 bridgehead atoms. The van der Waals surface area contributed by atoms with E-state index in [0.29, 0.717) is 21.2 Å². The lowest BCUT2D eigenvalue weighted by Gasteiger charge is -2.32. The van der Waals surface area contributed by atoms with Crippen LogP contribution < -0.4 is 5.32 Å². The van der Waals surface area contributed by atoms with Gasteiger partial charge in [0.25, 0.3) is 0 Å². The van der Waals surface area contributed by atoms with Crippen molar-refractivity contribution in [3.05, 3.63) is 58.1 Å². The molecule has 0 saturated heterocycles. The van der Waals surface area contributed by atoms with E-state index in [1.807, 2.05) is 12.1 Å². The van der Waals surface area contributed by atoms with Crippen LogP contribution in [0.4, 0.5) is 4.79 Å². The molecule has 0 aromatic heterocycles. The number of hydrogen-bond acceptors (Lipinski definition) is 3. The predicted octanol–water partition coefficient (Wildman–Crippen LogP) is 5.88. The summed E-state index contributed by atoms with van der Waals surface area (Å²) in [6.45, 7) is 6.80. The lowest BCUT2D eigenvalue weighted by atomic mass is 9.86. The summed E-state index contributed by atoms with van der Waals surface area (Å²) >= 11 is 12.7. The zero-order chi connectivity index (χ0) is 21.1. The standard InChI is InChI=1S/C21H23Cl2NO4/c1-20(2,3)28-19(27)24-21(4,12-17(25)26)16-10-6-9-15(18(16)23)13-7-5-8-14(22)11-13/h5-11H,12H2,1-4H3,(H,24,27)(H,25,26)/t21-/m0/s1. The number of amides is 1. The average molecular weight is 424 g/mol. The summed E-state index contributed by atoms with van der Waals surface area (Å²) in [4.78, 5) is 23.9. The largest absolute Gasteiger partial charge is 0.481 e. The molecule has 0 aliphatic heterocycles. The topological polar surface area (TPSA) is 75.6 Å². The van der Waals surface area contributed by atoms with E-state index in [1.165, 1.54) is 0 Å². The number of nitrogens with one attached hydrogen (secondary N) is 1. The number of hydrogen-bond donors (Lipinski definition) is 2. The van der Waals surface area contributed by atoms with Gasteiger partial charge in [0.2, 0.25) is 0 Å². The molecule has 0 aliphatic carbocycles. The molecular weight excluding hydrogens is 401 g/mol. The number of halogens is 2. The van der Waals surface area contributed by atoms with Crippen LogP contribution in [0.2, 0.25) is 10.0 Å². The molecule has 7 heteroatoms. The monoisotopic (exact) mass is 423 g/mol. The molecule has 0 spiro atoms. The quantitative estimate of drug-likeness (QED) is 0.629. The zero-order valence-electron chi connectivity index (χ0n) is 16.2. The summed E-state index contributed by atoms with van der Waals surface area (Å²) in [5, 5.41) is 13.0. The van der Waals surface area contributed by atoms with E-state index in [0.717, 1.165) is 5.56 Å². The summed E-state index contributed by atoms with van der Waals surface area (Å²) < 4.78 is 5.30. The van der Waals surface area contributed by atoms with Crippen molar-refractivity contribution in [3.8, 4) is 11.1 Å². The van der Waals surface area contributed by atoms with Crippen molar-refractivity contribution in [3.63, 3.8) is 0 Å². The highest BCUT2D eigenvalue weighted by atomic mass is 35.5. The van der Waals surface area contributed by atoms with Gasteiger partial charge in [0.1, 0.15) is 5.60 Å². The van der Waals surface area contributed by atoms with Crippen molar-refractivity contribution in [2.24, 2.45) is 0 Å². The number of alkyl carbamates (subject to hydrolysis) is 1. The molecular formula is C21H23Cl2NO4. The summed E-state index contributed by atoms with van der Waals surface area (Å²) in [7, 11) is 0. The Morgan fingerprint density at radius 1 is 1.07 bits per heavy atom. The smallest absolute Gasteiger partial charge is 0.408 e. The molecule has 0 unspecified atom stereocenters. The molecule has 0 fully saturated rings. The SMILES string of the molecule is CC(C)(C)OC(=O)N[C@@](C)(CC(=O)O)c1cccc(-c2cccc(Cl)c2)c1Cl. The van der Waals surface area contributed by atoms with E-state index < -0.39 is 23.2 Å². The third-order valence-electron chi connectivity index (χ3n) is 4.01. The van der Waals surface area contributed by atoms with E-state index in [9.17, 15) is 14.7 Å². The van der Waals surface area contributed by atoms with Gasteiger partial charge in [0.15, 0.2) is 0 Å². The molecule has 2 aromatic carbocycles. The zero-order valence-corrected chi connectivity index (χ0v) is 17.7. The number of rotatable bonds is 5. The van der Waals surface area contributed by atoms with Crippen LogP contribution in [0.1, 0.15) is 39.7 Å².